The van der Waals surface area contributed by atoms with E-state index in [4.69, 9.17) is 61.5 Å². The summed E-state index contributed by atoms with van der Waals surface area (Å²) >= 11 is 25.8. The van der Waals surface area contributed by atoms with E-state index in [2.05, 4.69) is 22.1 Å². The number of hydrazine groups is 1. The van der Waals surface area contributed by atoms with Crippen molar-refractivity contribution in [2.45, 2.75) is 90.9 Å². The van der Waals surface area contributed by atoms with Gasteiger partial charge in [0.15, 0.2) is 17.4 Å². The molecule has 0 saturated carbocycles. The zero-order valence-corrected chi connectivity index (χ0v) is 36.0. The van der Waals surface area contributed by atoms with Crippen molar-refractivity contribution in [2.24, 2.45) is 9.98 Å². The van der Waals surface area contributed by atoms with Crippen LogP contribution in [0.1, 0.15) is 90.9 Å². The number of likely N-dealkylation sites (N-methyl/N-ethyl adjacent to an activating group) is 1. The number of ether oxygens (including phenoxy) is 1. The van der Waals surface area contributed by atoms with Gasteiger partial charge in [-0.05, 0) is 61.9 Å². The lowest BCUT2D eigenvalue weighted by Gasteiger charge is -2.23. The number of aliphatic imine (C=N–C) groups is 2. The fourth-order valence-electron chi connectivity index (χ4n) is 6.11. The highest BCUT2D eigenvalue weighted by atomic mass is 35.5. The van der Waals surface area contributed by atoms with Crippen LogP contribution in [-0.2, 0) is 14.8 Å². The number of unbranched alkanes of at least 4 members (excludes halogenated alkanes) is 10. The molecule has 0 aliphatic carbocycles. The SMILES string of the molecule is CCCCCCCCCCCCCC(=N)Oc1ccc(Cl)c(N=C2NN(c3c(Cl)cc(Cl)cc3Cl)C(=O)C2=Nc2ccc(N(CC)CCNS(C)(=O)=O)cc2)c1. The third-order valence-electron chi connectivity index (χ3n) is 9.03. The maximum absolute atomic E-state index is 14.0. The lowest BCUT2D eigenvalue weighted by Crippen LogP contribution is -2.36. The van der Waals surface area contributed by atoms with E-state index in [0.717, 1.165) is 36.2 Å². The highest BCUT2D eigenvalue weighted by Gasteiger charge is 2.37. The number of amidine groups is 1. The summed E-state index contributed by atoms with van der Waals surface area (Å²) in [4.78, 5) is 25.4. The molecule has 56 heavy (non-hydrogen) atoms. The standard InChI is InChI=1S/C40H51Cl4N7O4S/c1-4-6-7-8-9-10-11-12-13-14-15-16-36(45)55-31-21-22-32(42)35(27-31)48-39-37(40(52)51(49-39)38-33(43)25-28(41)26-34(38)44)47-29-17-19-30(20-18-29)50(5-2)24-23-46-56(3,53)54/h17-22,25-27,45-46H,4-16,23-24H2,1-3H3,(H,48,49). The van der Waals surface area contributed by atoms with Crippen LogP contribution in [0.2, 0.25) is 20.1 Å². The molecular formula is C40H51Cl4N7O4S. The van der Waals surface area contributed by atoms with Crippen molar-refractivity contribution in [1.29, 1.82) is 5.41 Å². The molecule has 1 saturated heterocycles. The van der Waals surface area contributed by atoms with Crippen molar-refractivity contribution in [3.8, 4) is 5.75 Å². The van der Waals surface area contributed by atoms with Gasteiger partial charge in [-0.15, -0.1) is 0 Å². The first-order valence-electron chi connectivity index (χ1n) is 19.1. The predicted octanol–water partition coefficient (Wildman–Crippen LogP) is 11.1. The smallest absolute Gasteiger partial charge is 0.299 e. The predicted molar refractivity (Wildman–Crippen MR) is 234 cm³/mol. The van der Waals surface area contributed by atoms with E-state index in [1.807, 2.05) is 24.0 Å². The summed E-state index contributed by atoms with van der Waals surface area (Å²) in [5, 5.41) is 10.4. The number of hydrogen-bond acceptors (Lipinski definition) is 8. The van der Waals surface area contributed by atoms with Gasteiger partial charge in [-0.25, -0.2) is 28.1 Å². The third kappa shape index (κ3) is 14.2. The summed E-state index contributed by atoms with van der Waals surface area (Å²) in [7, 11) is -3.31. The molecular weight excluding hydrogens is 816 g/mol. The number of amides is 1. The van der Waals surface area contributed by atoms with E-state index >= 15 is 0 Å². The molecule has 0 aromatic heterocycles. The summed E-state index contributed by atoms with van der Waals surface area (Å²) in [5.41, 5.74) is 4.68. The summed E-state index contributed by atoms with van der Waals surface area (Å²) in [6.07, 6.45) is 15.1. The minimum atomic E-state index is -3.31. The first-order valence-corrected chi connectivity index (χ1v) is 22.5. The molecule has 16 heteroatoms. The zero-order valence-electron chi connectivity index (χ0n) is 32.1. The van der Waals surface area contributed by atoms with E-state index in [0.29, 0.717) is 36.0 Å². The highest BCUT2D eigenvalue weighted by molar-refractivity contribution is 7.88. The summed E-state index contributed by atoms with van der Waals surface area (Å²) < 4.78 is 31.4. The quantitative estimate of drug-likeness (QED) is 0.0522. The molecule has 3 aromatic rings. The third-order valence-corrected chi connectivity index (χ3v) is 10.9. The van der Waals surface area contributed by atoms with Gasteiger partial charge in [0.25, 0.3) is 5.91 Å². The number of halogens is 4. The summed E-state index contributed by atoms with van der Waals surface area (Å²) in [6.45, 7) is 5.55. The van der Waals surface area contributed by atoms with E-state index in [1.54, 1.807) is 30.3 Å². The van der Waals surface area contributed by atoms with Crippen molar-refractivity contribution >= 4 is 103 Å². The largest absolute Gasteiger partial charge is 0.444 e. The Hall–Kier alpha value is -3.39. The van der Waals surface area contributed by atoms with Crippen LogP contribution in [0.15, 0.2) is 64.6 Å². The monoisotopic (exact) mass is 865 g/mol. The van der Waals surface area contributed by atoms with E-state index in [1.165, 1.54) is 63.5 Å². The van der Waals surface area contributed by atoms with Gasteiger partial charge in [0.1, 0.15) is 11.4 Å². The second-order valence-electron chi connectivity index (χ2n) is 13.6. The summed E-state index contributed by atoms with van der Waals surface area (Å²) in [6, 6.07) is 15.0. The number of rotatable bonds is 22. The summed E-state index contributed by atoms with van der Waals surface area (Å²) in [5.74, 6) is 0.0119. The Labute approximate surface area is 351 Å². The van der Waals surface area contributed by atoms with Crippen LogP contribution in [0.4, 0.5) is 22.7 Å². The van der Waals surface area contributed by atoms with Gasteiger partial charge >= 0.3 is 0 Å². The minimum absolute atomic E-state index is 0.0452. The van der Waals surface area contributed by atoms with Crippen LogP contribution in [-0.4, -0.2) is 57.7 Å². The minimum Gasteiger partial charge on any atom is -0.444 e. The maximum atomic E-state index is 14.0. The molecule has 1 amide bonds. The van der Waals surface area contributed by atoms with Crippen LogP contribution < -0.4 is 24.8 Å². The number of nitrogens with zero attached hydrogens (tertiary/aromatic N) is 4. The van der Waals surface area contributed by atoms with Crippen molar-refractivity contribution in [1.82, 2.24) is 10.1 Å². The molecule has 0 radical (unpaired) electrons. The van der Waals surface area contributed by atoms with E-state index in [-0.39, 0.29) is 50.4 Å². The number of sulfonamides is 1. The van der Waals surface area contributed by atoms with Crippen LogP contribution in [0.3, 0.4) is 0 Å². The first kappa shape index (κ1) is 45.3. The Morgan fingerprint density at radius 1 is 0.839 bits per heavy atom. The normalized spacial score (nSPS) is 14.5. The molecule has 0 bridgehead atoms. The molecule has 1 aliphatic rings. The van der Waals surface area contributed by atoms with Gasteiger partial charge in [-0.2, -0.15) is 0 Å². The van der Waals surface area contributed by atoms with Crippen molar-refractivity contribution < 1.29 is 17.9 Å². The Balaban J connectivity index is 1.50. The van der Waals surface area contributed by atoms with E-state index < -0.39 is 15.9 Å². The molecule has 1 fully saturated rings. The van der Waals surface area contributed by atoms with Gasteiger partial charge in [0.05, 0.1) is 32.7 Å². The second kappa shape index (κ2) is 22.5. The number of benzene rings is 3. The fraction of sp³-hybridized carbons (Fsp3) is 0.450. The van der Waals surface area contributed by atoms with Crippen LogP contribution in [0.25, 0.3) is 0 Å². The van der Waals surface area contributed by atoms with Gasteiger partial charge in [0.2, 0.25) is 10.0 Å². The zero-order chi connectivity index (χ0) is 40.7. The van der Waals surface area contributed by atoms with Crippen molar-refractivity contribution in [3.05, 3.63) is 74.7 Å². The molecule has 11 nitrogen and oxygen atoms in total. The molecule has 304 valence electrons. The number of carbonyl (C=O) groups is 1. The van der Waals surface area contributed by atoms with Crippen LogP contribution >= 0.6 is 46.4 Å². The Bertz CT molecular complexity index is 1950. The first-order chi connectivity index (χ1) is 26.8. The average Bonchev–Trinajstić information content (AvgIpc) is 3.43. The molecule has 1 aliphatic heterocycles. The lowest BCUT2D eigenvalue weighted by molar-refractivity contribution is -0.112. The number of nitrogens with one attached hydrogen (secondary N) is 3. The number of hydrogen-bond donors (Lipinski definition) is 3. The van der Waals surface area contributed by atoms with Crippen molar-refractivity contribution in [2.75, 3.05) is 35.8 Å². The Morgan fingerprint density at radius 2 is 1.45 bits per heavy atom. The number of anilines is 2. The lowest BCUT2D eigenvalue weighted by atomic mass is 10.1. The topological polar surface area (TPSA) is 140 Å². The average molecular weight is 868 g/mol. The molecule has 1 heterocycles. The molecule has 0 spiro atoms. The maximum Gasteiger partial charge on any atom is 0.299 e. The molecule has 0 atom stereocenters. The molecule has 3 aromatic carbocycles. The van der Waals surface area contributed by atoms with Crippen LogP contribution in [0.5, 0.6) is 5.75 Å². The van der Waals surface area contributed by atoms with E-state index in [9.17, 15) is 13.2 Å². The molecule has 0 unspecified atom stereocenters. The second-order valence-corrected chi connectivity index (χ2v) is 17.1. The van der Waals surface area contributed by atoms with Crippen molar-refractivity contribution in [3.63, 3.8) is 0 Å². The van der Waals surface area contributed by atoms with Gasteiger partial charge in [-0.1, -0.05) is 118 Å². The molecule has 3 N–H and O–H groups in total. The van der Waals surface area contributed by atoms with Crippen LogP contribution in [0, 0.1) is 5.41 Å². The van der Waals surface area contributed by atoms with Gasteiger partial charge in [0, 0.05) is 42.8 Å². The highest BCUT2D eigenvalue weighted by Crippen LogP contribution is 2.38. The number of carbonyl (C=O) groups excluding carboxylic acids is 1. The molecule has 4 rings (SSSR count). The Morgan fingerprint density at radius 3 is 2.04 bits per heavy atom. The van der Waals surface area contributed by atoms with Gasteiger partial charge in [-0.3, -0.25) is 15.6 Å². The van der Waals surface area contributed by atoms with Gasteiger partial charge < -0.3 is 9.64 Å². The Kier molecular flexibility index (Phi) is 18.2. The fourth-order valence-corrected chi connectivity index (χ4v) is 7.72.